The normalized spacial score (nSPS) is 11.8. The van der Waals surface area contributed by atoms with Crippen LogP contribution in [0.3, 0.4) is 0 Å². The van der Waals surface area contributed by atoms with Crippen molar-refractivity contribution in [1.82, 2.24) is 10.2 Å². The molecule has 238 valence electrons. The molecule has 0 heterocycles. The highest BCUT2D eigenvalue weighted by Crippen LogP contribution is 2.37. The Morgan fingerprint density at radius 2 is 1.48 bits per heavy atom. The summed E-state index contributed by atoms with van der Waals surface area (Å²) < 4.78 is 45.5. The Hall–Kier alpha value is -3.67. The number of amides is 2. The smallest absolute Gasteiger partial charge is 0.265 e. The summed E-state index contributed by atoms with van der Waals surface area (Å²) in [6, 6.07) is 14.5. The summed E-state index contributed by atoms with van der Waals surface area (Å²) in [5, 5.41) is 3.59. The minimum absolute atomic E-state index is 0.0231. The molecule has 1 atom stereocenters. The van der Waals surface area contributed by atoms with Crippen LogP contribution >= 0.6 is 23.2 Å². The van der Waals surface area contributed by atoms with Crippen molar-refractivity contribution in [2.75, 3.05) is 38.7 Å². The number of benzene rings is 3. The molecule has 0 saturated heterocycles. The zero-order valence-corrected chi connectivity index (χ0v) is 27.6. The average Bonchev–Trinajstić information content (AvgIpc) is 3.02. The highest BCUT2D eigenvalue weighted by molar-refractivity contribution is 7.92. The van der Waals surface area contributed by atoms with Crippen molar-refractivity contribution in [3.05, 3.63) is 76.3 Å². The Morgan fingerprint density at radius 1 is 0.864 bits per heavy atom. The number of sulfonamides is 1. The number of carbonyl (C=O) groups excluding carboxylic acids is 2. The number of unbranched alkanes of at least 4 members (excludes halogenated alkanes) is 1. The zero-order valence-electron chi connectivity index (χ0n) is 25.3. The summed E-state index contributed by atoms with van der Waals surface area (Å²) in [5.41, 5.74) is 0.736. The predicted octanol–water partition coefficient (Wildman–Crippen LogP) is 5.55. The van der Waals surface area contributed by atoms with Gasteiger partial charge in [0.15, 0.2) is 11.5 Å². The molecule has 3 aromatic carbocycles. The number of ether oxygens (including phenoxy) is 3. The van der Waals surface area contributed by atoms with Gasteiger partial charge in [-0.1, -0.05) is 48.7 Å². The molecular weight excluding hydrogens is 629 g/mol. The van der Waals surface area contributed by atoms with E-state index in [1.807, 2.05) is 6.92 Å². The molecule has 3 rings (SSSR count). The lowest BCUT2D eigenvalue weighted by Gasteiger charge is -2.32. The molecule has 0 spiro atoms. The van der Waals surface area contributed by atoms with Crippen molar-refractivity contribution in [2.45, 2.75) is 44.2 Å². The van der Waals surface area contributed by atoms with Crippen LogP contribution in [0.1, 0.15) is 32.3 Å². The molecule has 10 nitrogen and oxygen atoms in total. The van der Waals surface area contributed by atoms with E-state index in [0.29, 0.717) is 22.9 Å². The fourth-order valence-corrected chi connectivity index (χ4v) is 6.11. The third-order valence-corrected chi connectivity index (χ3v) is 9.14. The molecule has 0 aliphatic heterocycles. The van der Waals surface area contributed by atoms with Crippen molar-refractivity contribution in [3.63, 3.8) is 0 Å². The highest BCUT2D eigenvalue weighted by atomic mass is 35.5. The molecule has 2 amide bonds. The number of anilines is 1. The topological polar surface area (TPSA) is 114 Å². The van der Waals surface area contributed by atoms with E-state index in [1.165, 1.54) is 56.6 Å². The maximum Gasteiger partial charge on any atom is 0.265 e. The van der Waals surface area contributed by atoms with E-state index in [1.54, 1.807) is 37.3 Å². The Morgan fingerprint density at radius 3 is 2.09 bits per heavy atom. The van der Waals surface area contributed by atoms with E-state index in [9.17, 15) is 18.0 Å². The molecular formula is C31H37Cl2N3O7S. The molecule has 0 aliphatic carbocycles. The molecule has 0 fully saturated rings. The minimum atomic E-state index is -4.44. The third-order valence-electron chi connectivity index (χ3n) is 6.89. The van der Waals surface area contributed by atoms with Crippen LogP contribution < -0.4 is 23.8 Å². The van der Waals surface area contributed by atoms with E-state index < -0.39 is 28.5 Å². The second-order valence-corrected chi connectivity index (χ2v) is 12.5. The van der Waals surface area contributed by atoms with Crippen LogP contribution in [-0.4, -0.2) is 65.6 Å². The average molecular weight is 667 g/mol. The molecule has 44 heavy (non-hydrogen) atoms. The van der Waals surface area contributed by atoms with Gasteiger partial charge in [0.1, 0.15) is 18.3 Å². The number of methoxy groups -OCH3 is 3. The van der Waals surface area contributed by atoms with Crippen LogP contribution in [0.15, 0.2) is 65.6 Å². The standard InChI is InChI=1S/C31H37Cl2N3O7S/c1-6-7-16-34-31(38)21(2)35(19-22-8-10-23(32)11-9-22)30(37)20-36(26-17-24(33)12-14-27(26)41-3)44(39,40)25-13-15-28(42-4)29(18-25)43-5/h8-15,17-18,21H,6-7,16,19-20H2,1-5H3,(H,34,38). The van der Waals surface area contributed by atoms with Gasteiger partial charge in [-0.05, 0) is 61.4 Å². The summed E-state index contributed by atoms with van der Waals surface area (Å²) in [6.45, 7) is 3.40. The molecule has 0 bridgehead atoms. The summed E-state index contributed by atoms with van der Waals surface area (Å²) in [5.74, 6) is -0.327. The van der Waals surface area contributed by atoms with Gasteiger partial charge in [0.25, 0.3) is 10.0 Å². The number of halogens is 2. The summed E-state index contributed by atoms with van der Waals surface area (Å²) >= 11 is 12.4. The lowest BCUT2D eigenvalue weighted by Crippen LogP contribution is -2.51. The largest absolute Gasteiger partial charge is 0.495 e. The number of carbonyl (C=O) groups is 2. The van der Waals surface area contributed by atoms with Crippen LogP contribution in [0, 0.1) is 0 Å². The second-order valence-electron chi connectivity index (χ2n) is 9.81. The highest BCUT2D eigenvalue weighted by Gasteiger charge is 2.34. The molecule has 1 N–H and O–H groups in total. The minimum Gasteiger partial charge on any atom is -0.495 e. The van der Waals surface area contributed by atoms with Gasteiger partial charge < -0.3 is 24.4 Å². The van der Waals surface area contributed by atoms with Crippen molar-refractivity contribution >= 4 is 50.7 Å². The number of hydrogen-bond donors (Lipinski definition) is 1. The zero-order chi connectivity index (χ0) is 32.4. The number of nitrogens with one attached hydrogen (secondary N) is 1. The quantitative estimate of drug-likeness (QED) is 0.212. The van der Waals surface area contributed by atoms with Crippen LogP contribution in [0.5, 0.6) is 17.2 Å². The monoisotopic (exact) mass is 665 g/mol. The van der Waals surface area contributed by atoms with Gasteiger partial charge in [-0.15, -0.1) is 0 Å². The van der Waals surface area contributed by atoms with Gasteiger partial charge in [0.05, 0.1) is 31.9 Å². The van der Waals surface area contributed by atoms with Gasteiger partial charge >= 0.3 is 0 Å². The van der Waals surface area contributed by atoms with E-state index >= 15 is 0 Å². The van der Waals surface area contributed by atoms with Crippen LogP contribution in [0.25, 0.3) is 0 Å². The lowest BCUT2D eigenvalue weighted by atomic mass is 10.1. The van der Waals surface area contributed by atoms with Gasteiger partial charge in [0.2, 0.25) is 11.8 Å². The fourth-order valence-electron chi connectivity index (χ4n) is 4.38. The Balaban J connectivity index is 2.11. The first-order valence-electron chi connectivity index (χ1n) is 13.9. The van der Waals surface area contributed by atoms with Crippen molar-refractivity contribution < 1.29 is 32.2 Å². The molecule has 0 aliphatic rings. The van der Waals surface area contributed by atoms with Gasteiger partial charge in [-0.3, -0.25) is 13.9 Å². The van der Waals surface area contributed by atoms with E-state index in [2.05, 4.69) is 5.32 Å². The second kappa shape index (κ2) is 15.9. The summed E-state index contributed by atoms with van der Waals surface area (Å²) in [7, 11) is -0.238. The van der Waals surface area contributed by atoms with E-state index in [-0.39, 0.29) is 39.6 Å². The Labute approximate surface area is 268 Å². The lowest BCUT2D eigenvalue weighted by molar-refractivity contribution is -0.139. The van der Waals surface area contributed by atoms with Crippen LogP contribution in [-0.2, 0) is 26.2 Å². The van der Waals surface area contributed by atoms with Crippen LogP contribution in [0.2, 0.25) is 10.0 Å². The fraction of sp³-hybridized carbons (Fsp3) is 0.355. The van der Waals surface area contributed by atoms with Crippen molar-refractivity contribution in [2.24, 2.45) is 0 Å². The van der Waals surface area contributed by atoms with Crippen LogP contribution in [0.4, 0.5) is 5.69 Å². The van der Waals surface area contributed by atoms with Gasteiger partial charge in [0, 0.05) is 29.2 Å². The first-order chi connectivity index (χ1) is 21.0. The van der Waals surface area contributed by atoms with Gasteiger partial charge in [-0.25, -0.2) is 8.42 Å². The molecule has 0 radical (unpaired) electrons. The molecule has 1 unspecified atom stereocenters. The van der Waals surface area contributed by atoms with E-state index in [0.717, 1.165) is 17.1 Å². The number of rotatable bonds is 15. The third kappa shape index (κ3) is 8.49. The molecule has 0 aromatic heterocycles. The number of nitrogens with zero attached hydrogens (tertiary/aromatic N) is 2. The van der Waals surface area contributed by atoms with Gasteiger partial charge in [-0.2, -0.15) is 0 Å². The maximum atomic E-state index is 14.3. The molecule has 3 aromatic rings. The molecule has 0 saturated carbocycles. The predicted molar refractivity (Wildman–Crippen MR) is 171 cm³/mol. The summed E-state index contributed by atoms with van der Waals surface area (Å²) in [6.07, 6.45) is 1.65. The Kier molecular flexibility index (Phi) is 12.6. The van der Waals surface area contributed by atoms with Crippen molar-refractivity contribution in [3.8, 4) is 17.2 Å². The van der Waals surface area contributed by atoms with Crippen molar-refractivity contribution in [1.29, 1.82) is 0 Å². The number of hydrogen-bond acceptors (Lipinski definition) is 7. The Bertz CT molecular complexity index is 1550. The SMILES string of the molecule is CCCCNC(=O)C(C)N(Cc1ccc(Cl)cc1)C(=O)CN(c1cc(Cl)ccc1OC)S(=O)(=O)c1ccc(OC)c(OC)c1. The maximum absolute atomic E-state index is 14.3. The summed E-state index contributed by atoms with van der Waals surface area (Å²) in [4.78, 5) is 28.5. The molecule has 13 heteroatoms. The first-order valence-corrected chi connectivity index (χ1v) is 16.1. The first kappa shape index (κ1) is 34.8. The van der Waals surface area contributed by atoms with E-state index in [4.69, 9.17) is 37.4 Å².